The standard InChI is InChI=1S/C18H27F3N4O3S/c1-3-11-28-16-6-4-5-14(12-16)13-23-17(22-2)24-15-7-9-25(10-8-15)29(26,27)18(19,20)21/h4-6,12,15H,3,7-11,13H2,1-2H3,(H2,22,23,24). The fraction of sp³-hybridized carbons (Fsp3) is 0.611. The van der Waals surface area contributed by atoms with Crippen molar-refractivity contribution in [3.05, 3.63) is 29.8 Å². The number of hydrogen-bond donors (Lipinski definition) is 2. The van der Waals surface area contributed by atoms with E-state index in [9.17, 15) is 21.6 Å². The smallest absolute Gasteiger partial charge is 0.494 e. The van der Waals surface area contributed by atoms with Gasteiger partial charge in [-0.2, -0.15) is 17.5 Å². The number of ether oxygens (including phenoxy) is 1. The highest BCUT2D eigenvalue weighted by atomic mass is 32.2. The molecule has 0 amide bonds. The van der Waals surface area contributed by atoms with Gasteiger partial charge in [0.2, 0.25) is 0 Å². The Kier molecular flexibility index (Phi) is 8.14. The van der Waals surface area contributed by atoms with Gasteiger partial charge in [-0.25, -0.2) is 8.42 Å². The molecular formula is C18H27F3N4O3S. The molecule has 2 rings (SSSR count). The highest BCUT2D eigenvalue weighted by molar-refractivity contribution is 7.90. The zero-order valence-corrected chi connectivity index (χ0v) is 17.3. The molecule has 0 atom stereocenters. The molecule has 11 heteroatoms. The number of hydrogen-bond acceptors (Lipinski definition) is 4. The third-order valence-electron chi connectivity index (χ3n) is 4.48. The Morgan fingerprint density at radius 3 is 2.59 bits per heavy atom. The van der Waals surface area contributed by atoms with Crippen LogP contribution in [-0.4, -0.2) is 57.0 Å². The maximum Gasteiger partial charge on any atom is 0.511 e. The van der Waals surface area contributed by atoms with Crippen molar-refractivity contribution in [2.24, 2.45) is 4.99 Å². The Labute approximate surface area is 169 Å². The lowest BCUT2D eigenvalue weighted by Crippen LogP contribution is -2.51. The molecule has 1 aliphatic rings. The number of sulfonamides is 1. The van der Waals surface area contributed by atoms with Crippen molar-refractivity contribution in [1.29, 1.82) is 0 Å². The molecule has 2 N–H and O–H groups in total. The quantitative estimate of drug-likeness (QED) is 0.507. The molecule has 1 aliphatic heterocycles. The van der Waals surface area contributed by atoms with Crippen LogP contribution in [0.5, 0.6) is 5.75 Å². The van der Waals surface area contributed by atoms with Crippen LogP contribution in [0, 0.1) is 0 Å². The first-order valence-electron chi connectivity index (χ1n) is 9.42. The summed E-state index contributed by atoms with van der Waals surface area (Å²) in [5.41, 5.74) is -4.27. The lowest BCUT2D eigenvalue weighted by molar-refractivity contribution is -0.0494. The van der Waals surface area contributed by atoms with Crippen molar-refractivity contribution < 1.29 is 26.3 Å². The van der Waals surface area contributed by atoms with E-state index < -0.39 is 15.5 Å². The Balaban J connectivity index is 1.84. The number of piperidine rings is 1. The molecule has 0 spiro atoms. The fourth-order valence-corrected chi connectivity index (χ4v) is 3.91. The SMILES string of the molecule is CCCOc1cccc(CNC(=NC)NC2CCN(S(=O)(=O)C(F)(F)F)CC2)c1. The Morgan fingerprint density at radius 1 is 1.31 bits per heavy atom. The lowest BCUT2D eigenvalue weighted by atomic mass is 10.1. The number of aliphatic imine (C=N–C) groups is 1. The number of benzene rings is 1. The normalized spacial score (nSPS) is 17.2. The molecule has 0 radical (unpaired) electrons. The predicted octanol–water partition coefficient (Wildman–Crippen LogP) is 2.45. The third kappa shape index (κ3) is 6.49. The van der Waals surface area contributed by atoms with Crippen molar-refractivity contribution in [1.82, 2.24) is 14.9 Å². The van der Waals surface area contributed by atoms with E-state index in [4.69, 9.17) is 4.74 Å². The molecule has 7 nitrogen and oxygen atoms in total. The van der Waals surface area contributed by atoms with E-state index in [1.807, 2.05) is 31.2 Å². The van der Waals surface area contributed by atoms with Gasteiger partial charge in [0.05, 0.1) is 6.61 Å². The van der Waals surface area contributed by atoms with E-state index in [1.54, 1.807) is 7.05 Å². The van der Waals surface area contributed by atoms with Gasteiger partial charge in [0.1, 0.15) is 5.75 Å². The van der Waals surface area contributed by atoms with Gasteiger partial charge < -0.3 is 15.4 Å². The Hall–Kier alpha value is -2.01. The average molecular weight is 437 g/mol. The molecule has 29 heavy (non-hydrogen) atoms. The number of guanidine groups is 1. The van der Waals surface area contributed by atoms with Crippen LogP contribution in [0.25, 0.3) is 0 Å². The fourth-order valence-electron chi connectivity index (χ4n) is 2.93. The van der Waals surface area contributed by atoms with E-state index in [-0.39, 0.29) is 32.0 Å². The second kappa shape index (κ2) is 10.1. The van der Waals surface area contributed by atoms with Crippen molar-refractivity contribution in [3.8, 4) is 5.75 Å². The zero-order valence-electron chi connectivity index (χ0n) is 16.5. The summed E-state index contributed by atoms with van der Waals surface area (Å²) in [7, 11) is -3.67. The summed E-state index contributed by atoms with van der Waals surface area (Å²) < 4.78 is 67.0. The largest absolute Gasteiger partial charge is 0.511 e. The van der Waals surface area contributed by atoms with Gasteiger partial charge in [-0.3, -0.25) is 4.99 Å². The van der Waals surface area contributed by atoms with Crippen LogP contribution in [0.1, 0.15) is 31.7 Å². The Morgan fingerprint density at radius 2 is 2.00 bits per heavy atom. The van der Waals surface area contributed by atoms with E-state index >= 15 is 0 Å². The highest BCUT2D eigenvalue weighted by Gasteiger charge is 2.50. The summed E-state index contributed by atoms with van der Waals surface area (Å²) >= 11 is 0. The van der Waals surface area contributed by atoms with Gasteiger partial charge in [-0.1, -0.05) is 19.1 Å². The molecular weight excluding hydrogens is 409 g/mol. The maximum absolute atomic E-state index is 12.7. The first-order chi connectivity index (χ1) is 13.7. The first-order valence-corrected chi connectivity index (χ1v) is 10.9. The molecule has 1 heterocycles. The van der Waals surface area contributed by atoms with Crippen molar-refractivity contribution in [2.45, 2.75) is 44.3 Å². The molecule has 164 valence electrons. The second-order valence-corrected chi connectivity index (χ2v) is 8.62. The number of nitrogens with zero attached hydrogens (tertiary/aromatic N) is 2. The summed E-state index contributed by atoms with van der Waals surface area (Å²) in [6, 6.07) is 7.49. The van der Waals surface area contributed by atoms with Crippen LogP contribution < -0.4 is 15.4 Å². The molecule has 0 unspecified atom stereocenters. The van der Waals surface area contributed by atoms with Crippen LogP contribution in [0.2, 0.25) is 0 Å². The summed E-state index contributed by atoms with van der Waals surface area (Å²) in [6.07, 6.45) is 1.44. The topological polar surface area (TPSA) is 83.0 Å². The van der Waals surface area contributed by atoms with Crippen molar-refractivity contribution in [3.63, 3.8) is 0 Å². The number of alkyl halides is 3. The van der Waals surface area contributed by atoms with Gasteiger partial charge in [0.25, 0.3) is 0 Å². The predicted molar refractivity (Wildman–Crippen MR) is 105 cm³/mol. The van der Waals surface area contributed by atoms with Crippen molar-refractivity contribution >= 4 is 16.0 Å². The molecule has 0 bridgehead atoms. The highest BCUT2D eigenvalue weighted by Crippen LogP contribution is 2.28. The van der Waals surface area contributed by atoms with Gasteiger partial charge in [-0.05, 0) is 37.0 Å². The molecule has 0 aromatic heterocycles. The summed E-state index contributed by atoms with van der Waals surface area (Å²) in [6.45, 7) is 2.79. The molecule has 1 aromatic carbocycles. The zero-order chi connectivity index (χ0) is 21.5. The molecule has 1 saturated heterocycles. The minimum absolute atomic E-state index is 0.167. The van der Waals surface area contributed by atoms with Crippen LogP contribution in [-0.2, 0) is 16.6 Å². The summed E-state index contributed by atoms with van der Waals surface area (Å²) in [5, 5.41) is 6.29. The van der Waals surface area contributed by atoms with Gasteiger partial charge in [0, 0.05) is 32.7 Å². The van der Waals surface area contributed by atoms with E-state index in [0.29, 0.717) is 23.4 Å². The minimum Gasteiger partial charge on any atom is -0.494 e. The van der Waals surface area contributed by atoms with Crippen LogP contribution >= 0.6 is 0 Å². The third-order valence-corrected chi connectivity index (χ3v) is 6.11. The number of nitrogens with one attached hydrogen (secondary N) is 2. The summed E-state index contributed by atoms with van der Waals surface area (Å²) in [5.74, 6) is 1.29. The second-order valence-electron chi connectivity index (χ2n) is 6.69. The average Bonchev–Trinajstić information content (AvgIpc) is 2.69. The molecule has 1 fully saturated rings. The van der Waals surface area contributed by atoms with Crippen LogP contribution in [0.3, 0.4) is 0 Å². The lowest BCUT2D eigenvalue weighted by Gasteiger charge is -2.32. The van der Waals surface area contributed by atoms with Crippen LogP contribution in [0.15, 0.2) is 29.3 Å². The summed E-state index contributed by atoms with van der Waals surface area (Å²) in [4.78, 5) is 4.13. The molecule has 1 aromatic rings. The van der Waals surface area contributed by atoms with Crippen molar-refractivity contribution in [2.75, 3.05) is 26.7 Å². The maximum atomic E-state index is 12.7. The minimum atomic E-state index is -5.27. The molecule has 0 aliphatic carbocycles. The monoisotopic (exact) mass is 436 g/mol. The van der Waals surface area contributed by atoms with Gasteiger partial charge in [0.15, 0.2) is 5.96 Å². The number of halogens is 3. The van der Waals surface area contributed by atoms with E-state index in [1.165, 1.54) is 0 Å². The Bertz CT molecular complexity index is 792. The van der Waals surface area contributed by atoms with E-state index in [0.717, 1.165) is 17.7 Å². The first kappa shape index (κ1) is 23.3. The van der Waals surface area contributed by atoms with E-state index in [2.05, 4.69) is 15.6 Å². The van der Waals surface area contributed by atoms with Gasteiger partial charge >= 0.3 is 15.5 Å². The van der Waals surface area contributed by atoms with Crippen LogP contribution in [0.4, 0.5) is 13.2 Å². The van der Waals surface area contributed by atoms with Gasteiger partial charge in [-0.15, -0.1) is 0 Å². The molecule has 0 saturated carbocycles. The number of rotatable bonds is 7.